The van der Waals surface area contributed by atoms with Crippen LogP contribution in [0.4, 0.5) is 0 Å². The number of hydrogen-bond acceptors (Lipinski definition) is 2. The first-order valence-electron chi connectivity index (χ1n) is 5.81. The maximum Gasteiger partial charge on any atom is 0.129 e. The predicted octanol–water partition coefficient (Wildman–Crippen LogP) is 2.48. The molecule has 0 aromatic heterocycles. The lowest BCUT2D eigenvalue weighted by Gasteiger charge is -2.24. The molecule has 0 amide bonds. The van der Waals surface area contributed by atoms with Crippen LogP contribution in [0.1, 0.15) is 46.0 Å². The van der Waals surface area contributed by atoms with E-state index in [0.29, 0.717) is 5.78 Å². The topological polar surface area (TPSA) is 20.3 Å². The van der Waals surface area contributed by atoms with Crippen LogP contribution >= 0.6 is 0 Å². The Hall–Kier alpha value is -0.370. The molecule has 0 saturated heterocycles. The van der Waals surface area contributed by atoms with Crippen LogP contribution in [0.2, 0.25) is 0 Å². The zero-order valence-corrected chi connectivity index (χ0v) is 9.75. The number of hydrogen-bond donors (Lipinski definition) is 0. The van der Waals surface area contributed by atoms with Gasteiger partial charge in [-0.1, -0.05) is 0 Å². The van der Waals surface area contributed by atoms with Gasteiger partial charge in [-0.25, -0.2) is 0 Å². The Morgan fingerprint density at radius 1 is 1.43 bits per heavy atom. The van der Waals surface area contributed by atoms with Crippen LogP contribution in [-0.4, -0.2) is 30.3 Å². The molecule has 1 unspecified atom stereocenters. The van der Waals surface area contributed by atoms with Gasteiger partial charge in [0.25, 0.3) is 0 Å². The summed E-state index contributed by atoms with van der Waals surface area (Å²) in [5, 5.41) is 0. The quantitative estimate of drug-likeness (QED) is 0.584. The molecule has 0 aromatic carbocycles. The van der Waals surface area contributed by atoms with Gasteiger partial charge in [-0.2, -0.15) is 0 Å². The molecule has 0 bridgehead atoms. The molecule has 1 saturated carbocycles. The van der Waals surface area contributed by atoms with E-state index in [1.54, 1.807) is 6.92 Å². The Morgan fingerprint density at radius 3 is 2.57 bits per heavy atom. The maximum atomic E-state index is 10.7. The number of rotatable bonds is 7. The summed E-state index contributed by atoms with van der Waals surface area (Å²) in [7, 11) is 2.21. The van der Waals surface area contributed by atoms with E-state index < -0.39 is 0 Å². The van der Waals surface area contributed by atoms with E-state index in [2.05, 4.69) is 18.9 Å². The van der Waals surface area contributed by atoms with Gasteiger partial charge in [0, 0.05) is 12.5 Å². The van der Waals surface area contributed by atoms with Crippen molar-refractivity contribution in [1.29, 1.82) is 0 Å². The summed E-state index contributed by atoms with van der Waals surface area (Å²) in [4.78, 5) is 13.2. The van der Waals surface area contributed by atoms with Gasteiger partial charge in [-0.15, -0.1) is 0 Å². The van der Waals surface area contributed by atoms with Gasteiger partial charge in [-0.3, -0.25) is 0 Å². The standard InChI is InChI=1S/C12H23NO/c1-10(14)6-4-5-9-13(3)11(2)12-7-8-12/h11-12H,4-9H2,1-3H3. The van der Waals surface area contributed by atoms with Gasteiger partial charge in [0.05, 0.1) is 0 Å². The largest absolute Gasteiger partial charge is 0.303 e. The molecule has 1 atom stereocenters. The van der Waals surface area contributed by atoms with Crippen molar-refractivity contribution in [3.8, 4) is 0 Å². The highest BCUT2D eigenvalue weighted by atomic mass is 16.1. The van der Waals surface area contributed by atoms with Crippen LogP contribution in [0.3, 0.4) is 0 Å². The molecule has 0 spiro atoms. The third-order valence-electron chi connectivity index (χ3n) is 3.29. The summed E-state index contributed by atoms with van der Waals surface area (Å²) >= 11 is 0. The van der Waals surface area contributed by atoms with E-state index in [4.69, 9.17) is 0 Å². The number of nitrogens with zero attached hydrogens (tertiary/aromatic N) is 1. The van der Waals surface area contributed by atoms with E-state index >= 15 is 0 Å². The van der Waals surface area contributed by atoms with E-state index in [9.17, 15) is 4.79 Å². The Kier molecular flexibility index (Phi) is 4.59. The summed E-state index contributed by atoms with van der Waals surface area (Å²) in [6.07, 6.45) is 5.80. The summed E-state index contributed by atoms with van der Waals surface area (Å²) in [6, 6.07) is 0.743. The summed E-state index contributed by atoms with van der Waals surface area (Å²) in [6.45, 7) is 5.14. The van der Waals surface area contributed by atoms with Crippen molar-refractivity contribution in [1.82, 2.24) is 4.90 Å². The van der Waals surface area contributed by atoms with Crippen molar-refractivity contribution in [2.75, 3.05) is 13.6 Å². The second-order valence-electron chi connectivity index (χ2n) is 4.72. The number of carbonyl (C=O) groups is 1. The molecule has 1 aliphatic rings. The molecule has 0 aromatic rings. The molecular formula is C12H23NO. The molecule has 0 N–H and O–H groups in total. The lowest BCUT2D eigenvalue weighted by Crippen LogP contribution is -2.31. The average Bonchev–Trinajstić information content (AvgIpc) is 2.93. The van der Waals surface area contributed by atoms with Gasteiger partial charge < -0.3 is 9.69 Å². The second kappa shape index (κ2) is 5.50. The number of unbranched alkanes of at least 4 members (excludes halogenated alkanes) is 1. The van der Waals surface area contributed by atoms with E-state index in [1.165, 1.54) is 12.8 Å². The van der Waals surface area contributed by atoms with Crippen LogP contribution in [0.25, 0.3) is 0 Å². The maximum absolute atomic E-state index is 10.7. The van der Waals surface area contributed by atoms with E-state index in [0.717, 1.165) is 37.8 Å². The van der Waals surface area contributed by atoms with Crippen molar-refractivity contribution in [3.05, 3.63) is 0 Å². The van der Waals surface area contributed by atoms with Crippen molar-refractivity contribution in [2.24, 2.45) is 5.92 Å². The minimum atomic E-state index is 0.322. The molecular weight excluding hydrogens is 174 g/mol. The Morgan fingerprint density at radius 2 is 2.07 bits per heavy atom. The van der Waals surface area contributed by atoms with Crippen LogP contribution in [-0.2, 0) is 4.79 Å². The smallest absolute Gasteiger partial charge is 0.129 e. The highest BCUT2D eigenvalue weighted by Crippen LogP contribution is 2.34. The number of Topliss-reactive ketones (excluding diaryl/α,β-unsaturated/α-hetero) is 1. The molecule has 1 fully saturated rings. The van der Waals surface area contributed by atoms with Crippen LogP contribution in [0.15, 0.2) is 0 Å². The fraction of sp³-hybridized carbons (Fsp3) is 0.917. The summed E-state index contributed by atoms with van der Waals surface area (Å²) in [5.74, 6) is 1.27. The Labute approximate surface area is 87.7 Å². The molecule has 82 valence electrons. The summed E-state index contributed by atoms with van der Waals surface area (Å²) in [5.41, 5.74) is 0. The minimum Gasteiger partial charge on any atom is -0.303 e. The fourth-order valence-corrected chi connectivity index (χ4v) is 1.88. The van der Waals surface area contributed by atoms with E-state index in [-0.39, 0.29) is 0 Å². The first-order chi connectivity index (χ1) is 6.61. The lowest BCUT2D eigenvalue weighted by atomic mass is 10.1. The minimum absolute atomic E-state index is 0.322. The lowest BCUT2D eigenvalue weighted by molar-refractivity contribution is -0.117. The molecule has 0 heterocycles. The third kappa shape index (κ3) is 4.23. The zero-order valence-electron chi connectivity index (χ0n) is 9.75. The summed E-state index contributed by atoms with van der Waals surface area (Å²) < 4.78 is 0. The van der Waals surface area contributed by atoms with Gasteiger partial charge in [0.15, 0.2) is 0 Å². The molecule has 2 nitrogen and oxygen atoms in total. The van der Waals surface area contributed by atoms with Crippen molar-refractivity contribution < 1.29 is 4.79 Å². The molecule has 1 rings (SSSR count). The van der Waals surface area contributed by atoms with Crippen molar-refractivity contribution in [2.45, 2.75) is 52.0 Å². The van der Waals surface area contributed by atoms with Gasteiger partial charge in [-0.05, 0) is 59.0 Å². The first kappa shape index (κ1) is 11.7. The molecule has 1 aliphatic carbocycles. The van der Waals surface area contributed by atoms with Crippen molar-refractivity contribution in [3.63, 3.8) is 0 Å². The van der Waals surface area contributed by atoms with Crippen LogP contribution in [0.5, 0.6) is 0 Å². The SMILES string of the molecule is CC(=O)CCCCN(C)C(C)C1CC1. The van der Waals surface area contributed by atoms with E-state index in [1.807, 2.05) is 0 Å². The molecule has 14 heavy (non-hydrogen) atoms. The normalized spacial score (nSPS) is 18.6. The predicted molar refractivity (Wildman–Crippen MR) is 59.3 cm³/mol. The second-order valence-corrected chi connectivity index (χ2v) is 4.72. The molecule has 2 heteroatoms. The Balaban J connectivity index is 2.02. The fourth-order valence-electron chi connectivity index (χ4n) is 1.88. The van der Waals surface area contributed by atoms with Gasteiger partial charge in [0.1, 0.15) is 5.78 Å². The number of carbonyl (C=O) groups excluding carboxylic acids is 1. The highest BCUT2D eigenvalue weighted by molar-refractivity contribution is 5.75. The first-order valence-corrected chi connectivity index (χ1v) is 5.81. The highest BCUT2D eigenvalue weighted by Gasteiger charge is 2.29. The number of ketones is 1. The van der Waals surface area contributed by atoms with Crippen molar-refractivity contribution >= 4 is 5.78 Å². The Bertz CT molecular complexity index is 187. The molecule has 0 radical (unpaired) electrons. The van der Waals surface area contributed by atoms with Crippen LogP contribution in [0, 0.1) is 5.92 Å². The molecule has 0 aliphatic heterocycles. The average molecular weight is 197 g/mol. The van der Waals surface area contributed by atoms with Gasteiger partial charge >= 0.3 is 0 Å². The van der Waals surface area contributed by atoms with Gasteiger partial charge in [0.2, 0.25) is 0 Å². The third-order valence-corrected chi connectivity index (χ3v) is 3.29. The van der Waals surface area contributed by atoms with Crippen LogP contribution < -0.4 is 0 Å². The zero-order chi connectivity index (χ0) is 10.6. The monoisotopic (exact) mass is 197 g/mol.